The van der Waals surface area contributed by atoms with Gasteiger partial charge in [-0.2, -0.15) is 0 Å². The summed E-state index contributed by atoms with van der Waals surface area (Å²) in [5.41, 5.74) is 1.19. The van der Waals surface area contributed by atoms with E-state index in [0.29, 0.717) is 0 Å². The van der Waals surface area contributed by atoms with Crippen LogP contribution in [-0.2, 0) is 4.53 Å². The van der Waals surface area contributed by atoms with Crippen LogP contribution in [-0.4, -0.2) is 30.3 Å². The van der Waals surface area contributed by atoms with Crippen LogP contribution >= 0.6 is 0 Å². The van der Waals surface area contributed by atoms with Crippen molar-refractivity contribution in [2.75, 3.05) is 0 Å². The first kappa shape index (κ1) is 27.0. The minimum atomic E-state index is -2.80. The van der Waals surface area contributed by atoms with Crippen LogP contribution in [0.25, 0.3) is 0 Å². The van der Waals surface area contributed by atoms with Crippen molar-refractivity contribution in [2.45, 2.75) is 112 Å². The summed E-state index contributed by atoms with van der Waals surface area (Å²) in [6.45, 7) is 20.2. The molecule has 1 aromatic heterocycles. The van der Waals surface area contributed by atoms with Gasteiger partial charge in [0.05, 0.1) is 0 Å². The van der Waals surface area contributed by atoms with Crippen molar-refractivity contribution < 1.29 is 8.94 Å². The Balaban J connectivity index is 3.51. The van der Waals surface area contributed by atoms with E-state index in [4.69, 9.17) is 8.94 Å². The predicted octanol–water partition coefficient (Wildman–Crippen LogP) is 8.62. The van der Waals surface area contributed by atoms with Crippen LogP contribution in [0.1, 0.15) is 83.1 Å². The molecule has 1 rings (SSSR count). The van der Waals surface area contributed by atoms with E-state index in [1.165, 1.54) is 57.4 Å². The standard InChI is InChI=1S/C12H20NO2Si.3C4H9.Sn/c1-6-7-11(13-15-16(3,4)5)12-8-10(2)9-14-12;3*1-3-4-2;/h6,8-9,11H,1,7H2,2-5H3;3*1,3-4H2,2H3;/q-1;;;;+1. The Morgan fingerprint density at radius 3 is 1.93 bits per heavy atom. The first-order chi connectivity index (χ1) is 13.7. The molecule has 0 aliphatic rings. The van der Waals surface area contributed by atoms with Gasteiger partial charge in [-0.15, -0.1) is 0 Å². The summed E-state index contributed by atoms with van der Waals surface area (Å²) in [5, 5.41) is 0. The molecule has 1 heterocycles. The van der Waals surface area contributed by atoms with Gasteiger partial charge in [-0.1, -0.05) is 0 Å². The topological polar surface area (TPSA) is 25.6 Å². The van der Waals surface area contributed by atoms with Gasteiger partial charge >= 0.3 is 187 Å². The third-order valence-electron chi connectivity index (χ3n) is 5.58. The normalized spacial score (nSPS) is 13.8. The van der Waals surface area contributed by atoms with E-state index in [-0.39, 0.29) is 6.04 Å². The molecule has 1 unspecified atom stereocenters. The predicted molar refractivity (Wildman–Crippen MR) is 132 cm³/mol. The van der Waals surface area contributed by atoms with Gasteiger partial charge in [0.1, 0.15) is 0 Å². The Bertz CT molecular complexity index is 560. The summed E-state index contributed by atoms with van der Waals surface area (Å²) in [6.07, 6.45) is 12.6. The van der Waals surface area contributed by atoms with Crippen LogP contribution < -0.4 is 0 Å². The fourth-order valence-electron chi connectivity index (χ4n) is 4.12. The Morgan fingerprint density at radius 2 is 1.59 bits per heavy atom. The van der Waals surface area contributed by atoms with Crippen LogP contribution in [0.2, 0.25) is 33.0 Å². The van der Waals surface area contributed by atoms with Gasteiger partial charge in [0.15, 0.2) is 0 Å². The van der Waals surface area contributed by atoms with Crippen LogP contribution in [0.3, 0.4) is 0 Å². The Kier molecular flexibility index (Phi) is 12.5. The molecule has 5 heteroatoms. The zero-order chi connectivity index (χ0) is 21.9. The van der Waals surface area contributed by atoms with Gasteiger partial charge in [-0.3, -0.25) is 0 Å². The number of rotatable bonds is 16. The molecule has 0 amide bonds. The molecule has 29 heavy (non-hydrogen) atoms. The number of hydroxylamine groups is 1. The van der Waals surface area contributed by atoms with Crippen molar-refractivity contribution in [3.05, 3.63) is 36.3 Å². The monoisotopic (exact) mass is 529 g/mol. The van der Waals surface area contributed by atoms with E-state index >= 15 is 0 Å². The molecule has 0 saturated carbocycles. The summed E-state index contributed by atoms with van der Waals surface area (Å²) < 4.78 is 19.9. The molecule has 0 N–H and O–H groups in total. The van der Waals surface area contributed by atoms with E-state index in [0.717, 1.165) is 12.2 Å². The third kappa shape index (κ3) is 8.92. The van der Waals surface area contributed by atoms with E-state index in [9.17, 15) is 0 Å². The van der Waals surface area contributed by atoms with Crippen LogP contribution in [0, 0.1) is 6.92 Å². The third-order valence-corrected chi connectivity index (χ3v) is 21.7. The summed E-state index contributed by atoms with van der Waals surface area (Å²) in [6, 6.07) is 2.39. The van der Waals surface area contributed by atoms with Gasteiger partial charge in [0.25, 0.3) is 0 Å². The SMILES string of the molecule is C=CCC(c1cc(C)co1)[N](O[Si](C)(C)C)[Sn]([CH2]CCC)([CH2]CCC)[CH2]CCC. The number of nitrogens with zero attached hydrogens (tertiary/aromatic N) is 1. The fourth-order valence-corrected chi connectivity index (χ4v) is 24.3. The van der Waals surface area contributed by atoms with Gasteiger partial charge in [-0.25, -0.2) is 0 Å². The zero-order valence-corrected chi connectivity index (χ0v) is 24.2. The molecule has 0 aliphatic heterocycles. The number of furan rings is 1. The maximum absolute atomic E-state index is 7.03. The second kappa shape index (κ2) is 13.4. The van der Waals surface area contributed by atoms with Crippen molar-refractivity contribution in [1.29, 1.82) is 0 Å². The van der Waals surface area contributed by atoms with Crippen molar-refractivity contribution >= 4 is 27.0 Å². The second-order valence-electron chi connectivity index (χ2n) is 9.63. The second-order valence-corrected chi connectivity index (χ2v) is 26.6. The molecule has 0 fully saturated rings. The average molecular weight is 528 g/mol. The molecule has 3 nitrogen and oxygen atoms in total. The van der Waals surface area contributed by atoms with Crippen molar-refractivity contribution in [3.8, 4) is 0 Å². The molecule has 0 aliphatic carbocycles. The summed E-state index contributed by atoms with van der Waals surface area (Å²) in [5.74, 6) is 1.06. The number of hydrogen-bond donors (Lipinski definition) is 0. The molecule has 1 aromatic rings. The van der Waals surface area contributed by atoms with Gasteiger partial charge in [0, 0.05) is 0 Å². The Hall–Kier alpha value is -0.0444. The fraction of sp³-hybridized carbons (Fsp3) is 0.750. The van der Waals surface area contributed by atoms with Crippen LogP contribution in [0.15, 0.2) is 29.4 Å². The number of aryl methyl sites for hydroxylation is 1. The minimum absolute atomic E-state index is 0.175. The molecule has 0 saturated heterocycles. The first-order valence-corrected chi connectivity index (χ1v) is 22.6. The van der Waals surface area contributed by atoms with Crippen LogP contribution in [0.5, 0.6) is 0 Å². The zero-order valence-electron chi connectivity index (χ0n) is 20.4. The van der Waals surface area contributed by atoms with E-state index in [1.54, 1.807) is 0 Å². The first-order valence-electron chi connectivity index (χ1n) is 11.9. The van der Waals surface area contributed by atoms with Crippen molar-refractivity contribution in [2.24, 2.45) is 0 Å². The molecule has 168 valence electrons. The molecule has 0 spiro atoms. The molecule has 1 atom stereocenters. The number of hydrogen-bond acceptors (Lipinski definition) is 3. The van der Waals surface area contributed by atoms with E-state index in [1.807, 2.05) is 6.26 Å². The van der Waals surface area contributed by atoms with Crippen LogP contribution in [0.4, 0.5) is 0 Å². The van der Waals surface area contributed by atoms with Gasteiger partial charge < -0.3 is 0 Å². The molecule has 0 aromatic carbocycles. The molecule has 0 radical (unpaired) electrons. The molecule has 0 bridgehead atoms. The maximum atomic E-state index is 7.03. The Morgan fingerprint density at radius 1 is 1.07 bits per heavy atom. The van der Waals surface area contributed by atoms with E-state index < -0.39 is 27.0 Å². The summed E-state index contributed by atoms with van der Waals surface area (Å²) >= 11 is -2.80. The average Bonchev–Trinajstić information content (AvgIpc) is 3.09. The Labute approximate surface area is 186 Å². The quantitative estimate of drug-likeness (QED) is 0.122. The summed E-state index contributed by atoms with van der Waals surface area (Å²) in [4.78, 5) is 0. The summed E-state index contributed by atoms with van der Waals surface area (Å²) in [7, 11) is -1.76. The number of unbranched alkanes of at least 4 members (excludes halogenated alkanes) is 3. The van der Waals surface area contributed by atoms with Gasteiger partial charge in [0.2, 0.25) is 0 Å². The van der Waals surface area contributed by atoms with Crippen molar-refractivity contribution in [1.82, 2.24) is 3.28 Å². The molecular weight excluding hydrogens is 481 g/mol. The van der Waals surface area contributed by atoms with Gasteiger partial charge in [-0.05, 0) is 0 Å². The van der Waals surface area contributed by atoms with E-state index in [2.05, 4.69) is 69.3 Å². The molecular formula is C24H47NO2SiSn. The van der Waals surface area contributed by atoms with Crippen molar-refractivity contribution in [3.63, 3.8) is 0 Å².